The molecule has 3 N–H and O–H groups in total. The topological polar surface area (TPSA) is 84.0 Å². The van der Waals surface area contributed by atoms with E-state index in [1.807, 2.05) is 13.0 Å². The normalized spacial score (nSPS) is 20.4. The molecule has 1 aliphatic rings. The largest absolute Gasteiger partial charge is 0.409 e. The second-order valence-corrected chi connectivity index (χ2v) is 4.43. The summed E-state index contributed by atoms with van der Waals surface area (Å²) in [6.07, 6.45) is 1.24. The molecule has 0 saturated carbocycles. The molecule has 0 amide bonds. The first-order valence-electron chi connectivity index (χ1n) is 5.88. The summed E-state index contributed by atoms with van der Waals surface area (Å²) in [5.41, 5.74) is 7.14. The Kier molecular flexibility index (Phi) is 3.66. The number of anilines is 1. The molecule has 0 radical (unpaired) electrons. The first-order valence-corrected chi connectivity index (χ1v) is 5.88. The van der Waals surface area contributed by atoms with E-state index < -0.39 is 0 Å². The molecule has 2 heterocycles. The fraction of sp³-hybridized carbons (Fsp3) is 0.500. The first-order chi connectivity index (χ1) is 8.63. The third-order valence-corrected chi connectivity index (χ3v) is 3.15. The van der Waals surface area contributed by atoms with Gasteiger partial charge < -0.3 is 20.6 Å². The molecule has 1 fully saturated rings. The first kappa shape index (κ1) is 12.6. The maximum absolute atomic E-state index is 8.72. The van der Waals surface area contributed by atoms with Crippen molar-refractivity contribution in [2.75, 3.05) is 25.1 Å². The second-order valence-electron chi connectivity index (χ2n) is 4.43. The van der Waals surface area contributed by atoms with Crippen LogP contribution >= 0.6 is 0 Å². The van der Waals surface area contributed by atoms with Gasteiger partial charge in [0.25, 0.3) is 0 Å². The fourth-order valence-electron chi connectivity index (χ4n) is 2.15. The number of amidine groups is 1. The smallest absolute Gasteiger partial charge is 0.170 e. The third kappa shape index (κ3) is 2.53. The van der Waals surface area contributed by atoms with Crippen LogP contribution in [0.2, 0.25) is 0 Å². The average Bonchev–Trinajstić information content (AvgIpc) is 2.85. The SMILES string of the molecule is COC1CCN(c2cc(/C(N)=N/O)cc(C)n2)C1. The zero-order valence-electron chi connectivity index (χ0n) is 10.6. The van der Waals surface area contributed by atoms with Crippen molar-refractivity contribution < 1.29 is 9.94 Å². The van der Waals surface area contributed by atoms with Crippen molar-refractivity contribution >= 4 is 11.7 Å². The van der Waals surface area contributed by atoms with Crippen LogP contribution in [0, 0.1) is 6.92 Å². The Morgan fingerprint density at radius 2 is 2.39 bits per heavy atom. The average molecular weight is 250 g/mol. The zero-order chi connectivity index (χ0) is 13.1. The number of hydrogen-bond donors (Lipinski definition) is 2. The Morgan fingerprint density at radius 1 is 1.61 bits per heavy atom. The molecule has 1 aromatic rings. The maximum atomic E-state index is 8.72. The molecule has 0 aliphatic carbocycles. The van der Waals surface area contributed by atoms with Gasteiger partial charge in [-0.15, -0.1) is 0 Å². The van der Waals surface area contributed by atoms with E-state index >= 15 is 0 Å². The molecule has 98 valence electrons. The van der Waals surface area contributed by atoms with Gasteiger partial charge in [0.15, 0.2) is 5.84 Å². The highest BCUT2D eigenvalue weighted by molar-refractivity contribution is 5.97. The molecule has 1 atom stereocenters. The summed E-state index contributed by atoms with van der Waals surface area (Å²) in [5.74, 6) is 0.945. The van der Waals surface area contributed by atoms with Crippen LogP contribution in [0.25, 0.3) is 0 Å². The molecule has 2 rings (SSSR count). The minimum atomic E-state index is 0.101. The summed E-state index contributed by atoms with van der Waals surface area (Å²) in [4.78, 5) is 6.63. The Morgan fingerprint density at radius 3 is 3.00 bits per heavy atom. The fourth-order valence-corrected chi connectivity index (χ4v) is 2.15. The van der Waals surface area contributed by atoms with Gasteiger partial charge in [-0.1, -0.05) is 5.16 Å². The van der Waals surface area contributed by atoms with Gasteiger partial charge in [0.05, 0.1) is 6.10 Å². The molecule has 1 aromatic heterocycles. The number of aromatic nitrogens is 1. The van der Waals surface area contributed by atoms with Gasteiger partial charge in [-0.3, -0.25) is 0 Å². The van der Waals surface area contributed by atoms with Crippen LogP contribution in [0.3, 0.4) is 0 Å². The number of ether oxygens (including phenoxy) is 1. The predicted octanol–water partition coefficient (Wildman–Crippen LogP) is 0.710. The lowest BCUT2D eigenvalue weighted by Crippen LogP contribution is -2.24. The highest BCUT2D eigenvalue weighted by Crippen LogP contribution is 2.21. The van der Waals surface area contributed by atoms with Crippen molar-refractivity contribution in [3.63, 3.8) is 0 Å². The van der Waals surface area contributed by atoms with Gasteiger partial charge in [0.2, 0.25) is 0 Å². The van der Waals surface area contributed by atoms with Gasteiger partial charge in [-0.2, -0.15) is 0 Å². The Labute approximate surface area is 106 Å². The number of nitrogens with zero attached hydrogens (tertiary/aromatic N) is 3. The van der Waals surface area contributed by atoms with Gasteiger partial charge in [0, 0.05) is 31.5 Å². The van der Waals surface area contributed by atoms with Crippen LogP contribution in [-0.2, 0) is 4.74 Å². The molecule has 1 saturated heterocycles. The quantitative estimate of drug-likeness (QED) is 0.357. The number of rotatable bonds is 3. The summed E-state index contributed by atoms with van der Waals surface area (Å²) in [7, 11) is 1.72. The van der Waals surface area contributed by atoms with Gasteiger partial charge in [-0.25, -0.2) is 4.98 Å². The van der Waals surface area contributed by atoms with E-state index in [-0.39, 0.29) is 11.9 Å². The van der Waals surface area contributed by atoms with E-state index in [9.17, 15) is 0 Å². The third-order valence-electron chi connectivity index (χ3n) is 3.15. The maximum Gasteiger partial charge on any atom is 0.170 e. The minimum Gasteiger partial charge on any atom is -0.409 e. The van der Waals surface area contributed by atoms with Crippen LogP contribution in [0.4, 0.5) is 5.82 Å². The van der Waals surface area contributed by atoms with E-state index in [4.69, 9.17) is 15.7 Å². The lowest BCUT2D eigenvalue weighted by molar-refractivity contribution is 0.121. The molecular formula is C12H18N4O2. The predicted molar refractivity (Wildman–Crippen MR) is 69.1 cm³/mol. The lowest BCUT2D eigenvalue weighted by atomic mass is 10.2. The molecule has 6 heteroatoms. The van der Waals surface area contributed by atoms with Crippen LogP contribution in [-0.4, -0.2) is 42.3 Å². The highest BCUT2D eigenvalue weighted by Gasteiger charge is 2.23. The van der Waals surface area contributed by atoms with Crippen molar-refractivity contribution in [1.29, 1.82) is 0 Å². The van der Waals surface area contributed by atoms with Gasteiger partial charge >= 0.3 is 0 Å². The second kappa shape index (κ2) is 5.22. The number of pyridine rings is 1. The summed E-state index contributed by atoms with van der Waals surface area (Å²) >= 11 is 0. The van der Waals surface area contributed by atoms with Gasteiger partial charge in [0.1, 0.15) is 5.82 Å². The Hall–Kier alpha value is -1.82. The van der Waals surface area contributed by atoms with Crippen molar-refractivity contribution in [2.24, 2.45) is 10.9 Å². The van der Waals surface area contributed by atoms with Crippen LogP contribution in [0.15, 0.2) is 17.3 Å². The molecule has 0 spiro atoms. The monoisotopic (exact) mass is 250 g/mol. The standard InChI is InChI=1S/C12H18N4O2/c1-8-5-9(12(13)15-17)6-11(14-8)16-4-3-10(7-16)18-2/h5-6,10,17H,3-4,7H2,1-2H3,(H2,13,15). The van der Waals surface area contributed by atoms with Crippen LogP contribution in [0.5, 0.6) is 0 Å². The Balaban J connectivity index is 2.26. The number of nitrogens with two attached hydrogens (primary N) is 1. The summed E-state index contributed by atoms with van der Waals surface area (Å²) in [5, 5.41) is 11.7. The van der Waals surface area contributed by atoms with Crippen molar-refractivity contribution in [3.05, 3.63) is 23.4 Å². The van der Waals surface area contributed by atoms with Crippen molar-refractivity contribution in [1.82, 2.24) is 4.98 Å². The lowest BCUT2D eigenvalue weighted by Gasteiger charge is -2.18. The van der Waals surface area contributed by atoms with Crippen molar-refractivity contribution in [3.8, 4) is 0 Å². The Bertz CT molecular complexity index is 461. The van der Waals surface area contributed by atoms with Crippen molar-refractivity contribution in [2.45, 2.75) is 19.4 Å². The molecule has 1 aliphatic heterocycles. The number of hydrogen-bond acceptors (Lipinski definition) is 5. The molecule has 0 bridgehead atoms. The highest BCUT2D eigenvalue weighted by atomic mass is 16.5. The number of aryl methyl sites for hydroxylation is 1. The summed E-state index contributed by atoms with van der Waals surface area (Å²) < 4.78 is 5.33. The number of methoxy groups -OCH3 is 1. The molecule has 1 unspecified atom stereocenters. The summed E-state index contributed by atoms with van der Waals surface area (Å²) in [6, 6.07) is 3.63. The van der Waals surface area contributed by atoms with E-state index in [1.54, 1.807) is 13.2 Å². The molecule has 0 aromatic carbocycles. The van der Waals surface area contributed by atoms with E-state index in [2.05, 4.69) is 15.0 Å². The number of oxime groups is 1. The van der Waals surface area contributed by atoms with Crippen LogP contribution in [0.1, 0.15) is 17.7 Å². The molecular weight excluding hydrogens is 232 g/mol. The van der Waals surface area contributed by atoms with E-state index in [0.29, 0.717) is 5.56 Å². The summed E-state index contributed by atoms with van der Waals surface area (Å²) in [6.45, 7) is 3.62. The molecule has 6 nitrogen and oxygen atoms in total. The van der Waals surface area contributed by atoms with Crippen LogP contribution < -0.4 is 10.6 Å². The minimum absolute atomic E-state index is 0.101. The molecule has 18 heavy (non-hydrogen) atoms. The van der Waals surface area contributed by atoms with E-state index in [0.717, 1.165) is 31.0 Å². The zero-order valence-corrected chi connectivity index (χ0v) is 10.6. The van der Waals surface area contributed by atoms with Gasteiger partial charge in [-0.05, 0) is 25.5 Å². The van der Waals surface area contributed by atoms with E-state index in [1.165, 1.54) is 0 Å².